The number of carbonyl (C=O) groups excluding carboxylic acids is 4. The summed E-state index contributed by atoms with van der Waals surface area (Å²) < 4.78 is 13.3. The summed E-state index contributed by atoms with van der Waals surface area (Å²) in [6.45, 7) is 18.5. The Kier molecular flexibility index (Phi) is 19.1. The van der Waals surface area contributed by atoms with Crippen LogP contribution < -0.4 is 11.1 Å². The Hall–Kier alpha value is -2.68. The van der Waals surface area contributed by atoms with Crippen molar-refractivity contribution in [2.75, 3.05) is 59.0 Å². The molecule has 0 aromatic carbocycles. The van der Waals surface area contributed by atoms with E-state index in [0.717, 1.165) is 22.5 Å². The second-order valence-electron chi connectivity index (χ2n) is 14.3. The standard InChI is InChI=1S/C19H26N4O4S.C17H22N4O4S.CH3.U.Y/c1-12-10-13(2)20-16-15(12)17(25)23(28-16)11-14(24)21-6-8-22(9-7-21)18(26)27-19(3,4)5;1-4-25-17(24)20-7-5-19(6-8-20)13(22)10-21-16(23)14-11(2)9-12(3)18-15(14)26-21;;;/h10H,6-9,11H2,1-5H3;9H,4-8,10H2,1-3H3;1H3;;/q;;-1;;. The van der Waals surface area contributed by atoms with Gasteiger partial charge in [-0.3, -0.25) is 27.1 Å². The van der Waals surface area contributed by atoms with Gasteiger partial charge < -0.3 is 36.5 Å². The van der Waals surface area contributed by atoms with E-state index in [1.54, 1.807) is 26.5 Å². The van der Waals surface area contributed by atoms with Gasteiger partial charge in [0.25, 0.3) is 11.1 Å². The fourth-order valence-electron chi connectivity index (χ4n) is 6.27. The van der Waals surface area contributed by atoms with E-state index in [2.05, 4.69) is 9.97 Å². The van der Waals surface area contributed by atoms with Gasteiger partial charge in [0, 0.05) is 128 Å². The molecule has 1 radical (unpaired) electrons. The van der Waals surface area contributed by atoms with Gasteiger partial charge in [-0.25, -0.2) is 19.6 Å². The molecule has 0 atom stereocenters. The maximum Gasteiger partial charge on any atom is 0.410 e. The third-order valence-corrected chi connectivity index (χ3v) is 10.9. The number of aromatic nitrogens is 4. The van der Waals surface area contributed by atoms with Gasteiger partial charge in [-0.2, -0.15) is 0 Å². The minimum absolute atomic E-state index is 0. The van der Waals surface area contributed by atoms with E-state index in [4.69, 9.17) is 9.47 Å². The minimum atomic E-state index is -0.545. The fraction of sp³-hybridized carbons (Fsp3) is 0.541. The number of hydrogen-bond acceptors (Lipinski definition) is 12. The van der Waals surface area contributed by atoms with Crippen molar-refractivity contribution in [2.24, 2.45) is 0 Å². The van der Waals surface area contributed by atoms with Gasteiger partial charge >= 0.3 is 12.2 Å². The third kappa shape index (κ3) is 12.7. The summed E-state index contributed by atoms with van der Waals surface area (Å²) in [6, 6.07) is 3.75. The molecule has 0 aliphatic carbocycles. The molecule has 57 heavy (non-hydrogen) atoms. The summed E-state index contributed by atoms with van der Waals surface area (Å²) in [5.74, 6) is -0.261. The molecule has 20 heteroatoms. The average Bonchev–Trinajstić information content (AvgIpc) is 3.58. The molecule has 4 aromatic heterocycles. The topological polar surface area (TPSA) is 169 Å². The summed E-state index contributed by atoms with van der Waals surface area (Å²) in [5, 5.41) is 1.17. The molecule has 0 spiro atoms. The Morgan fingerprint density at radius 2 is 1.02 bits per heavy atom. The first-order chi connectivity index (χ1) is 25.4. The van der Waals surface area contributed by atoms with Gasteiger partial charge in [0.2, 0.25) is 11.8 Å². The Morgan fingerprint density at radius 1 is 0.667 bits per heavy atom. The Bertz CT molecular complexity index is 2180. The van der Waals surface area contributed by atoms with E-state index in [9.17, 15) is 28.8 Å². The summed E-state index contributed by atoms with van der Waals surface area (Å²) >= 11 is 2.43. The molecule has 0 N–H and O–H groups in total. The predicted octanol–water partition coefficient (Wildman–Crippen LogP) is 3.98. The van der Waals surface area contributed by atoms with E-state index in [-0.39, 0.29) is 119 Å². The average molecular weight is 1130 g/mol. The van der Waals surface area contributed by atoms with Crippen molar-refractivity contribution < 1.29 is 92.5 Å². The molecule has 0 bridgehead atoms. The van der Waals surface area contributed by atoms with Crippen molar-refractivity contribution in [1.29, 1.82) is 0 Å². The van der Waals surface area contributed by atoms with Gasteiger partial charge in [0.1, 0.15) is 28.4 Å². The molecule has 2 saturated heterocycles. The predicted molar refractivity (Wildman–Crippen MR) is 213 cm³/mol. The normalized spacial score (nSPS) is 14.2. The van der Waals surface area contributed by atoms with Crippen molar-refractivity contribution in [1.82, 2.24) is 37.5 Å². The largest absolute Gasteiger partial charge is 0.450 e. The maximum absolute atomic E-state index is 12.7. The zero-order valence-corrected chi connectivity index (χ0v) is 42.8. The Labute approximate surface area is 389 Å². The second kappa shape index (κ2) is 21.5. The molecule has 4 amide bonds. The summed E-state index contributed by atoms with van der Waals surface area (Å²) in [7, 11) is 0. The molecular formula is C37H51N8O8S2UY-. The summed E-state index contributed by atoms with van der Waals surface area (Å²) in [6.07, 6.45) is -0.713. The number of pyridine rings is 2. The molecule has 307 valence electrons. The molecular weight excluding hydrogens is 1080 g/mol. The number of carbonyl (C=O) groups is 4. The number of piperazine rings is 2. The number of hydrogen-bond donors (Lipinski definition) is 0. The van der Waals surface area contributed by atoms with E-state index < -0.39 is 5.60 Å². The zero-order chi connectivity index (χ0) is 39.5. The first-order valence-corrected chi connectivity index (χ1v) is 19.4. The molecule has 6 rings (SSSR count). The number of rotatable bonds is 5. The Morgan fingerprint density at radius 3 is 1.37 bits per heavy atom. The molecule has 2 aliphatic rings. The first-order valence-electron chi connectivity index (χ1n) is 17.9. The first kappa shape index (κ1) is 50.5. The van der Waals surface area contributed by atoms with Crippen LogP contribution in [-0.2, 0) is 64.9 Å². The van der Waals surface area contributed by atoms with Crippen LogP contribution in [0.5, 0.6) is 0 Å². The van der Waals surface area contributed by atoms with Crippen LogP contribution in [0.1, 0.15) is 50.2 Å². The number of fused-ring (bicyclic) bond motifs is 2. The van der Waals surface area contributed by atoms with Gasteiger partial charge in [0.15, 0.2) is 0 Å². The van der Waals surface area contributed by atoms with Crippen LogP contribution in [0.15, 0.2) is 21.7 Å². The SMILES string of the molecule is CCOC(=O)N1CCN(C(=O)Cn2sc3nc(C)cc(C)c3c2=O)CC1.Cc1cc(C)c2c(=O)n(CC(=O)N3CCN(C(=O)OC(C)(C)C)CC3)sc2n1.[CH3-].[U].[Y]. The monoisotopic (exact) mass is 1130 g/mol. The van der Waals surface area contributed by atoms with Gasteiger partial charge in [-0.05, 0) is 102 Å². The molecule has 16 nitrogen and oxygen atoms in total. The molecule has 0 saturated carbocycles. The van der Waals surface area contributed by atoms with E-state index in [1.807, 2.05) is 60.6 Å². The summed E-state index contributed by atoms with van der Waals surface area (Å²) in [4.78, 5) is 91.0. The van der Waals surface area contributed by atoms with Gasteiger partial charge in [0.05, 0.1) is 17.4 Å². The van der Waals surface area contributed by atoms with Crippen LogP contribution in [0.4, 0.5) is 9.59 Å². The van der Waals surface area contributed by atoms with E-state index in [0.29, 0.717) is 79.4 Å². The molecule has 6 heterocycles. The van der Waals surface area contributed by atoms with Crippen LogP contribution in [-0.4, -0.2) is 126 Å². The number of aryl methyl sites for hydroxylation is 4. The molecule has 2 fully saturated rings. The molecule has 0 unspecified atom stereocenters. The minimum Gasteiger partial charge on any atom is -0.450 e. The van der Waals surface area contributed by atoms with Crippen LogP contribution in [0.3, 0.4) is 0 Å². The van der Waals surface area contributed by atoms with E-state index >= 15 is 0 Å². The summed E-state index contributed by atoms with van der Waals surface area (Å²) in [5.41, 5.74) is 2.56. The Balaban J connectivity index is 0.000000375. The number of amides is 4. The number of ether oxygens (including phenoxy) is 2. The van der Waals surface area contributed by atoms with Crippen LogP contribution in [0.25, 0.3) is 20.4 Å². The van der Waals surface area contributed by atoms with Crippen molar-refractivity contribution in [3.05, 3.63) is 62.8 Å². The van der Waals surface area contributed by atoms with Gasteiger partial charge in [-0.1, -0.05) is 0 Å². The van der Waals surface area contributed by atoms with Crippen molar-refractivity contribution >= 4 is 67.5 Å². The van der Waals surface area contributed by atoms with Crippen LogP contribution in [0.2, 0.25) is 0 Å². The molecule has 4 aromatic rings. The van der Waals surface area contributed by atoms with Crippen LogP contribution in [0, 0.1) is 66.2 Å². The molecule has 2 aliphatic heterocycles. The maximum atomic E-state index is 12.7. The van der Waals surface area contributed by atoms with Crippen molar-refractivity contribution in [3.63, 3.8) is 0 Å². The smallest absolute Gasteiger partial charge is 0.410 e. The van der Waals surface area contributed by atoms with E-state index in [1.165, 1.54) is 31.0 Å². The fourth-order valence-corrected chi connectivity index (χ4v) is 8.44. The van der Waals surface area contributed by atoms with Crippen LogP contribution >= 0.6 is 23.1 Å². The second-order valence-corrected chi connectivity index (χ2v) is 16.3. The van der Waals surface area contributed by atoms with Crippen molar-refractivity contribution in [3.8, 4) is 0 Å². The zero-order valence-electron chi connectivity index (χ0n) is 34.2. The van der Waals surface area contributed by atoms with Gasteiger partial charge in [-0.15, -0.1) is 0 Å². The van der Waals surface area contributed by atoms with Crippen molar-refractivity contribution in [2.45, 2.75) is 74.1 Å². The quantitative estimate of drug-likeness (QED) is 0.267. The number of nitrogens with zero attached hydrogens (tertiary/aromatic N) is 8. The third-order valence-electron chi connectivity index (χ3n) is 8.90.